The molecule has 1 saturated carbocycles. The standard InChI is InChI=1S/C18H27NO2/c1-3-4-7-14-10-12-15(13-11-14)18(21)19(2)16-8-5-6-9-17(16)20/h10-13,16-17,20H,3-9H2,1-2H3. The summed E-state index contributed by atoms with van der Waals surface area (Å²) in [7, 11) is 1.81. The van der Waals surface area contributed by atoms with Crippen LogP contribution in [-0.4, -0.2) is 35.1 Å². The number of rotatable bonds is 5. The number of aryl methyl sites for hydroxylation is 1. The van der Waals surface area contributed by atoms with E-state index in [0.29, 0.717) is 0 Å². The largest absolute Gasteiger partial charge is 0.391 e. The highest BCUT2D eigenvalue weighted by Gasteiger charge is 2.29. The minimum absolute atomic E-state index is 0.0167. The number of aliphatic hydroxyl groups is 1. The van der Waals surface area contributed by atoms with E-state index in [4.69, 9.17) is 0 Å². The molecule has 0 radical (unpaired) electrons. The molecule has 0 spiro atoms. The number of carbonyl (C=O) groups excluding carboxylic acids is 1. The van der Waals surface area contributed by atoms with Crippen LogP contribution in [0, 0.1) is 0 Å². The summed E-state index contributed by atoms with van der Waals surface area (Å²) in [6.45, 7) is 2.18. The second-order valence-corrected chi connectivity index (χ2v) is 6.14. The Hall–Kier alpha value is -1.35. The number of nitrogens with zero attached hydrogens (tertiary/aromatic N) is 1. The molecule has 0 heterocycles. The fourth-order valence-corrected chi connectivity index (χ4v) is 3.09. The first-order valence-electron chi connectivity index (χ1n) is 8.17. The van der Waals surface area contributed by atoms with Gasteiger partial charge in [-0.1, -0.05) is 38.3 Å². The smallest absolute Gasteiger partial charge is 0.253 e. The molecule has 3 heteroatoms. The normalized spacial score (nSPS) is 22.0. The van der Waals surface area contributed by atoms with Crippen molar-refractivity contribution in [3.8, 4) is 0 Å². The average molecular weight is 289 g/mol. The molecule has 1 aliphatic carbocycles. The van der Waals surface area contributed by atoms with Crippen molar-refractivity contribution in [1.82, 2.24) is 4.90 Å². The van der Waals surface area contributed by atoms with E-state index in [1.165, 1.54) is 18.4 Å². The van der Waals surface area contributed by atoms with E-state index in [2.05, 4.69) is 6.92 Å². The van der Waals surface area contributed by atoms with E-state index in [-0.39, 0.29) is 18.1 Å². The summed E-state index contributed by atoms with van der Waals surface area (Å²) in [5.41, 5.74) is 2.00. The molecule has 2 unspecified atom stereocenters. The lowest BCUT2D eigenvalue weighted by Gasteiger charge is -2.35. The minimum Gasteiger partial charge on any atom is -0.391 e. The molecule has 2 atom stereocenters. The first kappa shape index (κ1) is 16.0. The zero-order chi connectivity index (χ0) is 15.2. The molecule has 1 aromatic rings. The second-order valence-electron chi connectivity index (χ2n) is 6.14. The lowest BCUT2D eigenvalue weighted by Crippen LogP contribution is -2.46. The van der Waals surface area contributed by atoms with Gasteiger partial charge in [-0.15, -0.1) is 0 Å². The van der Waals surface area contributed by atoms with Crippen molar-refractivity contribution in [3.63, 3.8) is 0 Å². The van der Waals surface area contributed by atoms with Gasteiger partial charge in [-0.3, -0.25) is 4.79 Å². The second kappa shape index (κ2) is 7.60. The molecule has 1 amide bonds. The average Bonchev–Trinajstić information content (AvgIpc) is 2.52. The lowest BCUT2D eigenvalue weighted by atomic mass is 9.91. The van der Waals surface area contributed by atoms with E-state index in [1.807, 2.05) is 31.3 Å². The summed E-state index contributed by atoms with van der Waals surface area (Å²) in [6.07, 6.45) is 6.92. The molecule has 3 nitrogen and oxygen atoms in total. The summed E-state index contributed by atoms with van der Waals surface area (Å²) < 4.78 is 0. The Morgan fingerprint density at radius 3 is 2.52 bits per heavy atom. The van der Waals surface area contributed by atoms with Crippen molar-refractivity contribution in [2.24, 2.45) is 0 Å². The fraction of sp³-hybridized carbons (Fsp3) is 0.611. The van der Waals surface area contributed by atoms with Crippen molar-refractivity contribution in [1.29, 1.82) is 0 Å². The highest BCUT2D eigenvalue weighted by molar-refractivity contribution is 5.94. The molecule has 1 aliphatic rings. The zero-order valence-electron chi connectivity index (χ0n) is 13.2. The summed E-state index contributed by atoms with van der Waals surface area (Å²) in [6, 6.07) is 7.89. The monoisotopic (exact) mass is 289 g/mol. The van der Waals surface area contributed by atoms with Gasteiger partial charge in [0.15, 0.2) is 0 Å². The number of aliphatic hydroxyl groups excluding tert-OH is 1. The van der Waals surface area contributed by atoms with E-state index >= 15 is 0 Å². The molecule has 1 N–H and O–H groups in total. The van der Waals surface area contributed by atoms with Gasteiger partial charge in [0.25, 0.3) is 5.91 Å². The van der Waals surface area contributed by atoms with Crippen molar-refractivity contribution in [3.05, 3.63) is 35.4 Å². The molecule has 0 aromatic heterocycles. The van der Waals surface area contributed by atoms with Crippen molar-refractivity contribution >= 4 is 5.91 Å². The summed E-state index contributed by atoms with van der Waals surface area (Å²) in [5.74, 6) is 0.0167. The third-order valence-corrected chi connectivity index (χ3v) is 4.53. The van der Waals surface area contributed by atoms with Gasteiger partial charge in [0.2, 0.25) is 0 Å². The van der Waals surface area contributed by atoms with Gasteiger partial charge in [0.1, 0.15) is 0 Å². The predicted octanol–water partition coefficient (Wildman–Crippen LogP) is 3.40. The Bertz CT molecular complexity index is 455. The van der Waals surface area contributed by atoms with E-state index in [0.717, 1.165) is 37.7 Å². The predicted molar refractivity (Wildman–Crippen MR) is 85.4 cm³/mol. The van der Waals surface area contributed by atoms with Gasteiger partial charge < -0.3 is 10.0 Å². The maximum atomic E-state index is 12.5. The van der Waals surface area contributed by atoms with Crippen LogP contribution in [0.2, 0.25) is 0 Å². The van der Waals surface area contributed by atoms with Gasteiger partial charge in [-0.25, -0.2) is 0 Å². The number of amides is 1. The topological polar surface area (TPSA) is 40.5 Å². The SMILES string of the molecule is CCCCc1ccc(C(=O)N(C)C2CCCCC2O)cc1. The molecule has 2 rings (SSSR count). The van der Waals surface area contributed by atoms with E-state index in [1.54, 1.807) is 4.90 Å². The molecule has 0 saturated heterocycles. The van der Waals surface area contributed by atoms with Crippen LogP contribution in [0.25, 0.3) is 0 Å². The summed E-state index contributed by atoms with van der Waals surface area (Å²) >= 11 is 0. The molecule has 0 aliphatic heterocycles. The maximum Gasteiger partial charge on any atom is 0.253 e. The Kier molecular flexibility index (Phi) is 5.80. The van der Waals surface area contributed by atoms with Crippen LogP contribution in [0.5, 0.6) is 0 Å². The number of likely N-dealkylation sites (N-methyl/N-ethyl adjacent to an activating group) is 1. The van der Waals surface area contributed by atoms with Gasteiger partial charge in [0, 0.05) is 12.6 Å². The Morgan fingerprint density at radius 2 is 1.90 bits per heavy atom. The number of unbranched alkanes of at least 4 members (excludes halogenated alkanes) is 1. The number of hydrogen-bond acceptors (Lipinski definition) is 2. The quantitative estimate of drug-likeness (QED) is 0.902. The fourth-order valence-electron chi connectivity index (χ4n) is 3.09. The molecule has 1 aromatic carbocycles. The van der Waals surface area contributed by atoms with Crippen molar-refractivity contribution in [2.75, 3.05) is 7.05 Å². The third-order valence-electron chi connectivity index (χ3n) is 4.53. The van der Waals surface area contributed by atoms with Gasteiger partial charge in [-0.05, 0) is 43.4 Å². The van der Waals surface area contributed by atoms with E-state index in [9.17, 15) is 9.90 Å². The van der Waals surface area contributed by atoms with Crippen LogP contribution >= 0.6 is 0 Å². The van der Waals surface area contributed by atoms with Crippen molar-refractivity contribution < 1.29 is 9.90 Å². The van der Waals surface area contributed by atoms with E-state index < -0.39 is 0 Å². The summed E-state index contributed by atoms with van der Waals surface area (Å²) in [4.78, 5) is 14.3. The molecule has 1 fully saturated rings. The highest BCUT2D eigenvalue weighted by Crippen LogP contribution is 2.23. The van der Waals surface area contributed by atoms with Crippen LogP contribution in [0.4, 0.5) is 0 Å². The molecular formula is C18H27NO2. The third kappa shape index (κ3) is 4.07. The number of carbonyl (C=O) groups is 1. The Morgan fingerprint density at radius 1 is 1.24 bits per heavy atom. The maximum absolute atomic E-state index is 12.5. The Labute approximate surface area is 128 Å². The molecule has 0 bridgehead atoms. The Balaban J connectivity index is 2.01. The van der Waals surface area contributed by atoms with Crippen LogP contribution in [0.1, 0.15) is 61.4 Å². The van der Waals surface area contributed by atoms with Gasteiger partial charge >= 0.3 is 0 Å². The minimum atomic E-state index is -0.378. The van der Waals surface area contributed by atoms with Crippen LogP contribution in [-0.2, 0) is 6.42 Å². The van der Waals surface area contributed by atoms with Crippen LogP contribution in [0.15, 0.2) is 24.3 Å². The highest BCUT2D eigenvalue weighted by atomic mass is 16.3. The lowest BCUT2D eigenvalue weighted by molar-refractivity contribution is 0.0268. The van der Waals surface area contributed by atoms with Gasteiger partial charge in [0.05, 0.1) is 12.1 Å². The molecule has 21 heavy (non-hydrogen) atoms. The number of hydrogen-bond donors (Lipinski definition) is 1. The molecule has 116 valence electrons. The summed E-state index contributed by atoms with van der Waals surface area (Å²) in [5, 5.41) is 10.1. The number of benzene rings is 1. The van der Waals surface area contributed by atoms with Crippen LogP contribution < -0.4 is 0 Å². The van der Waals surface area contributed by atoms with Crippen molar-refractivity contribution in [2.45, 2.75) is 64.0 Å². The first-order chi connectivity index (χ1) is 10.1. The first-order valence-corrected chi connectivity index (χ1v) is 8.17. The molecular weight excluding hydrogens is 262 g/mol. The van der Waals surface area contributed by atoms with Gasteiger partial charge in [-0.2, -0.15) is 0 Å². The van der Waals surface area contributed by atoms with Crippen LogP contribution in [0.3, 0.4) is 0 Å². The zero-order valence-corrected chi connectivity index (χ0v) is 13.2.